The number of aryl methyl sites for hydroxylation is 2. The molecule has 2 aromatic heterocycles. The molecule has 3 rings (SSSR count). The molecule has 0 saturated carbocycles. The number of nitrogen functional groups attached to an aromatic ring is 1. The lowest BCUT2D eigenvalue weighted by Gasteiger charge is -2.31. The van der Waals surface area contributed by atoms with E-state index in [1.807, 2.05) is 13.8 Å². The maximum atomic E-state index is 5.89. The van der Waals surface area contributed by atoms with Crippen LogP contribution in [-0.4, -0.2) is 39.5 Å². The first-order chi connectivity index (χ1) is 11.5. The van der Waals surface area contributed by atoms with Crippen molar-refractivity contribution in [2.45, 2.75) is 33.2 Å². The van der Waals surface area contributed by atoms with Crippen molar-refractivity contribution in [2.24, 2.45) is 5.92 Å². The third-order valence-corrected chi connectivity index (χ3v) is 4.62. The van der Waals surface area contributed by atoms with Gasteiger partial charge in [-0.05, 0) is 45.7 Å². The van der Waals surface area contributed by atoms with Crippen molar-refractivity contribution in [3.8, 4) is 0 Å². The minimum absolute atomic E-state index is 0.191. The van der Waals surface area contributed by atoms with E-state index in [1.54, 1.807) is 6.07 Å². The van der Waals surface area contributed by atoms with Crippen LogP contribution in [0.1, 0.15) is 30.2 Å². The molecule has 2 aromatic rings. The van der Waals surface area contributed by atoms with Gasteiger partial charge in [-0.2, -0.15) is 4.98 Å². The fourth-order valence-electron chi connectivity index (χ4n) is 2.92. The van der Waals surface area contributed by atoms with E-state index in [4.69, 9.17) is 21.8 Å². The van der Waals surface area contributed by atoms with Gasteiger partial charge < -0.3 is 15.5 Å². The maximum absolute atomic E-state index is 5.89. The van der Waals surface area contributed by atoms with Crippen LogP contribution in [0.15, 0.2) is 10.5 Å². The molecule has 1 saturated heterocycles. The molecule has 0 radical (unpaired) electrons. The van der Waals surface area contributed by atoms with Crippen LogP contribution >= 0.6 is 11.6 Å². The van der Waals surface area contributed by atoms with Gasteiger partial charge in [-0.15, -0.1) is 0 Å². The summed E-state index contributed by atoms with van der Waals surface area (Å²) < 4.78 is 5.67. The zero-order valence-corrected chi connectivity index (χ0v) is 14.8. The van der Waals surface area contributed by atoms with E-state index in [-0.39, 0.29) is 5.95 Å². The molecule has 0 aromatic carbocycles. The lowest BCUT2D eigenvalue weighted by Crippen LogP contribution is -2.35. The van der Waals surface area contributed by atoms with Crippen LogP contribution in [0, 0.1) is 19.8 Å². The van der Waals surface area contributed by atoms with Gasteiger partial charge in [0.1, 0.15) is 16.7 Å². The summed E-state index contributed by atoms with van der Waals surface area (Å²) in [7, 11) is 0. The summed E-state index contributed by atoms with van der Waals surface area (Å²) in [6.45, 7) is 7.66. The molecule has 0 amide bonds. The van der Waals surface area contributed by atoms with Gasteiger partial charge in [-0.25, -0.2) is 9.97 Å². The zero-order chi connectivity index (χ0) is 17.1. The number of oxazole rings is 1. The van der Waals surface area contributed by atoms with Crippen molar-refractivity contribution in [1.82, 2.24) is 19.9 Å². The number of nitrogens with two attached hydrogens (primary N) is 1. The average molecular weight is 351 g/mol. The highest BCUT2D eigenvalue weighted by Gasteiger charge is 2.21. The SMILES string of the molecule is Cc1nc(CN2CCC(CNc3cc(Cl)nc(N)n3)CC2)oc1C. The predicted octanol–water partition coefficient (Wildman–Crippen LogP) is 2.64. The van der Waals surface area contributed by atoms with E-state index in [9.17, 15) is 0 Å². The van der Waals surface area contributed by atoms with Gasteiger partial charge in [0.05, 0.1) is 12.2 Å². The molecule has 7 nitrogen and oxygen atoms in total. The van der Waals surface area contributed by atoms with Crippen molar-refractivity contribution in [3.05, 3.63) is 28.6 Å². The highest BCUT2D eigenvalue weighted by molar-refractivity contribution is 6.29. The highest BCUT2D eigenvalue weighted by Crippen LogP contribution is 2.21. The topological polar surface area (TPSA) is 93.1 Å². The third kappa shape index (κ3) is 4.36. The van der Waals surface area contributed by atoms with Crippen molar-refractivity contribution in [2.75, 3.05) is 30.7 Å². The smallest absolute Gasteiger partial charge is 0.223 e. The molecule has 0 bridgehead atoms. The molecule has 0 aliphatic carbocycles. The van der Waals surface area contributed by atoms with Crippen LogP contribution in [0.2, 0.25) is 5.15 Å². The van der Waals surface area contributed by atoms with Crippen LogP contribution in [-0.2, 0) is 6.54 Å². The first-order valence-electron chi connectivity index (χ1n) is 8.19. The zero-order valence-electron chi connectivity index (χ0n) is 14.0. The Morgan fingerprint density at radius 3 is 2.67 bits per heavy atom. The Hall–Kier alpha value is -1.86. The first-order valence-corrected chi connectivity index (χ1v) is 8.56. The van der Waals surface area contributed by atoms with Gasteiger partial charge in [-0.3, -0.25) is 4.90 Å². The second-order valence-corrected chi connectivity index (χ2v) is 6.67. The van der Waals surface area contributed by atoms with Crippen LogP contribution in [0.25, 0.3) is 0 Å². The number of anilines is 2. The van der Waals surface area contributed by atoms with Crippen molar-refractivity contribution >= 4 is 23.4 Å². The molecule has 1 aliphatic heterocycles. The fraction of sp³-hybridized carbons (Fsp3) is 0.562. The summed E-state index contributed by atoms with van der Waals surface area (Å²) in [6, 6.07) is 1.69. The number of nitrogens with zero attached hydrogens (tertiary/aromatic N) is 4. The van der Waals surface area contributed by atoms with Crippen molar-refractivity contribution in [3.63, 3.8) is 0 Å². The number of aromatic nitrogens is 3. The third-order valence-electron chi connectivity index (χ3n) is 4.42. The minimum atomic E-state index is 0.191. The Bertz CT molecular complexity index is 656. The summed E-state index contributed by atoms with van der Waals surface area (Å²) >= 11 is 5.89. The predicted molar refractivity (Wildman–Crippen MR) is 93.9 cm³/mol. The standard InChI is InChI=1S/C16H23ClN6O/c1-10-11(2)24-15(20-10)9-23-5-3-12(4-6-23)8-19-14-7-13(17)21-16(18)22-14/h7,12H,3-6,8-9H2,1-2H3,(H3,18,19,21,22). The van der Waals surface area contributed by atoms with Gasteiger partial charge in [0.15, 0.2) is 0 Å². The Balaban J connectivity index is 1.45. The van der Waals surface area contributed by atoms with Crippen molar-refractivity contribution in [1.29, 1.82) is 0 Å². The highest BCUT2D eigenvalue weighted by atomic mass is 35.5. The van der Waals surface area contributed by atoms with Crippen LogP contribution in [0.5, 0.6) is 0 Å². The maximum Gasteiger partial charge on any atom is 0.223 e. The van der Waals surface area contributed by atoms with Gasteiger partial charge in [0, 0.05) is 12.6 Å². The van der Waals surface area contributed by atoms with E-state index < -0.39 is 0 Å². The molecule has 3 heterocycles. The molecule has 0 atom stereocenters. The van der Waals surface area contributed by atoms with E-state index in [2.05, 4.69) is 25.2 Å². The largest absolute Gasteiger partial charge is 0.444 e. The van der Waals surface area contributed by atoms with Crippen molar-refractivity contribution < 1.29 is 4.42 Å². The molecule has 3 N–H and O–H groups in total. The van der Waals surface area contributed by atoms with Crippen LogP contribution in [0.3, 0.4) is 0 Å². The Morgan fingerprint density at radius 2 is 2.04 bits per heavy atom. The number of nitrogens with one attached hydrogen (secondary N) is 1. The minimum Gasteiger partial charge on any atom is -0.444 e. The van der Waals surface area contributed by atoms with E-state index in [1.165, 1.54) is 0 Å². The average Bonchev–Trinajstić information content (AvgIpc) is 2.84. The Kier molecular flexibility index (Phi) is 5.20. The molecular formula is C16H23ClN6O. The lowest BCUT2D eigenvalue weighted by molar-refractivity contribution is 0.167. The number of halogens is 1. The molecule has 0 spiro atoms. The van der Waals surface area contributed by atoms with Crippen LogP contribution in [0.4, 0.5) is 11.8 Å². The number of piperidine rings is 1. The molecular weight excluding hydrogens is 328 g/mol. The molecule has 8 heteroatoms. The first kappa shape index (κ1) is 17.0. The summed E-state index contributed by atoms with van der Waals surface area (Å²) in [6.07, 6.45) is 2.25. The van der Waals surface area contributed by atoms with E-state index in [0.29, 0.717) is 16.9 Å². The lowest BCUT2D eigenvalue weighted by atomic mass is 9.97. The molecule has 24 heavy (non-hydrogen) atoms. The van der Waals surface area contributed by atoms with Gasteiger partial charge in [-0.1, -0.05) is 11.6 Å². The number of rotatable bonds is 5. The Morgan fingerprint density at radius 1 is 1.29 bits per heavy atom. The molecule has 130 valence electrons. The van der Waals surface area contributed by atoms with E-state index >= 15 is 0 Å². The number of hydrogen-bond donors (Lipinski definition) is 2. The molecule has 0 unspecified atom stereocenters. The summed E-state index contributed by atoms with van der Waals surface area (Å²) in [5, 5.41) is 3.66. The quantitative estimate of drug-likeness (QED) is 0.800. The van der Waals surface area contributed by atoms with Gasteiger partial charge >= 0.3 is 0 Å². The van der Waals surface area contributed by atoms with Gasteiger partial charge in [0.25, 0.3) is 0 Å². The van der Waals surface area contributed by atoms with E-state index in [0.717, 1.165) is 56.4 Å². The summed E-state index contributed by atoms with van der Waals surface area (Å²) in [4.78, 5) is 14.8. The normalized spacial score (nSPS) is 16.5. The molecule has 1 fully saturated rings. The summed E-state index contributed by atoms with van der Waals surface area (Å²) in [5.41, 5.74) is 6.58. The number of likely N-dealkylation sites (tertiary alicyclic amines) is 1. The fourth-order valence-corrected chi connectivity index (χ4v) is 3.11. The van der Waals surface area contributed by atoms with Crippen LogP contribution < -0.4 is 11.1 Å². The summed E-state index contributed by atoms with van der Waals surface area (Å²) in [5.74, 6) is 3.20. The second-order valence-electron chi connectivity index (χ2n) is 6.28. The Labute approximate surface area is 146 Å². The number of hydrogen-bond acceptors (Lipinski definition) is 7. The monoisotopic (exact) mass is 350 g/mol. The molecule has 1 aliphatic rings. The van der Waals surface area contributed by atoms with Gasteiger partial charge in [0.2, 0.25) is 11.8 Å². The second kappa shape index (κ2) is 7.36.